The van der Waals surface area contributed by atoms with Gasteiger partial charge in [0.15, 0.2) is 0 Å². The van der Waals surface area contributed by atoms with Gasteiger partial charge in [-0.2, -0.15) is 0 Å². The maximum atomic E-state index is 11.5. The van der Waals surface area contributed by atoms with Gasteiger partial charge in [0.05, 0.1) is 16.6 Å². The summed E-state index contributed by atoms with van der Waals surface area (Å²) in [5.74, 6) is 0.188. The molecule has 0 aromatic carbocycles. The Bertz CT molecular complexity index is 450. The minimum atomic E-state index is -0.616. The van der Waals surface area contributed by atoms with Gasteiger partial charge in [0.2, 0.25) is 0 Å². The number of hydrogen-bond acceptors (Lipinski definition) is 3. The molecule has 3 unspecified atom stereocenters. The highest BCUT2D eigenvalue weighted by molar-refractivity contribution is 7.11. The fourth-order valence-electron chi connectivity index (χ4n) is 3.43. The standard InChI is InChI=1S/C16H25NO2S/c1-4-5-12-6-7-14(16(18)19)13(8-12)9-15-17-10(2)11(3)20-15/h12-14H,4-9H2,1-3H3,(H,18,19). The zero-order chi connectivity index (χ0) is 14.7. The average Bonchev–Trinajstić information content (AvgIpc) is 2.68. The maximum Gasteiger partial charge on any atom is 0.306 e. The Balaban J connectivity index is 2.08. The number of aromatic nitrogens is 1. The molecule has 1 fully saturated rings. The van der Waals surface area contributed by atoms with Crippen molar-refractivity contribution in [3.05, 3.63) is 15.6 Å². The van der Waals surface area contributed by atoms with Gasteiger partial charge in [-0.25, -0.2) is 4.98 Å². The monoisotopic (exact) mass is 295 g/mol. The maximum absolute atomic E-state index is 11.5. The van der Waals surface area contributed by atoms with Crippen LogP contribution in [-0.2, 0) is 11.2 Å². The largest absolute Gasteiger partial charge is 0.481 e. The number of hydrogen-bond donors (Lipinski definition) is 1. The predicted molar refractivity (Wildman–Crippen MR) is 82.2 cm³/mol. The molecule has 3 atom stereocenters. The van der Waals surface area contributed by atoms with Gasteiger partial charge < -0.3 is 5.11 Å². The van der Waals surface area contributed by atoms with Crippen LogP contribution in [0, 0.1) is 31.6 Å². The summed E-state index contributed by atoms with van der Waals surface area (Å²) >= 11 is 1.73. The van der Waals surface area contributed by atoms with Gasteiger partial charge in [-0.05, 0) is 44.9 Å². The molecule has 1 aromatic rings. The number of rotatable bonds is 5. The Labute approximate surface area is 125 Å². The van der Waals surface area contributed by atoms with Gasteiger partial charge in [-0.3, -0.25) is 4.79 Å². The lowest BCUT2D eigenvalue weighted by Crippen LogP contribution is -2.32. The molecule has 20 heavy (non-hydrogen) atoms. The van der Waals surface area contributed by atoms with Crippen molar-refractivity contribution in [2.75, 3.05) is 0 Å². The van der Waals surface area contributed by atoms with E-state index in [2.05, 4.69) is 18.8 Å². The lowest BCUT2D eigenvalue weighted by Gasteiger charge is -2.33. The molecular weight excluding hydrogens is 270 g/mol. The second kappa shape index (κ2) is 6.70. The van der Waals surface area contributed by atoms with Crippen LogP contribution in [0.2, 0.25) is 0 Å². The van der Waals surface area contributed by atoms with E-state index in [0.717, 1.165) is 36.4 Å². The molecule has 1 N–H and O–H groups in total. The molecule has 112 valence electrons. The van der Waals surface area contributed by atoms with Gasteiger partial charge in [0.1, 0.15) is 0 Å². The number of carboxylic acid groups (broad SMARTS) is 1. The number of thiazole rings is 1. The highest BCUT2D eigenvalue weighted by Gasteiger charge is 2.35. The molecule has 3 nitrogen and oxygen atoms in total. The predicted octanol–water partition coefficient (Wildman–Crippen LogP) is 4.22. The van der Waals surface area contributed by atoms with Crippen LogP contribution in [0.4, 0.5) is 0 Å². The van der Waals surface area contributed by atoms with Crippen molar-refractivity contribution in [2.24, 2.45) is 17.8 Å². The van der Waals surface area contributed by atoms with E-state index < -0.39 is 5.97 Å². The Morgan fingerprint density at radius 1 is 1.40 bits per heavy atom. The van der Waals surface area contributed by atoms with Crippen LogP contribution in [0.5, 0.6) is 0 Å². The molecule has 0 bridgehead atoms. The van der Waals surface area contributed by atoms with Crippen molar-refractivity contribution in [1.82, 2.24) is 4.98 Å². The smallest absolute Gasteiger partial charge is 0.306 e. The van der Waals surface area contributed by atoms with Gasteiger partial charge in [0, 0.05) is 11.3 Å². The molecule has 1 aliphatic rings. The first-order valence-electron chi connectivity index (χ1n) is 7.67. The minimum absolute atomic E-state index is 0.174. The van der Waals surface area contributed by atoms with Crippen molar-refractivity contribution in [3.63, 3.8) is 0 Å². The summed E-state index contributed by atoms with van der Waals surface area (Å²) in [5, 5.41) is 10.6. The molecule has 4 heteroatoms. The third-order valence-electron chi connectivity index (χ3n) is 4.61. The van der Waals surface area contributed by atoms with E-state index in [-0.39, 0.29) is 11.8 Å². The number of aryl methyl sites for hydroxylation is 2. The quantitative estimate of drug-likeness (QED) is 0.884. The van der Waals surface area contributed by atoms with Crippen LogP contribution in [0.15, 0.2) is 0 Å². The first-order chi connectivity index (χ1) is 9.51. The highest BCUT2D eigenvalue weighted by atomic mass is 32.1. The van der Waals surface area contributed by atoms with Crippen molar-refractivity contribution in [2.45, 2.75) is 59.3 Å². The van der Waals surface area contributed by atoms with E-state index in [1.165, 1.54) is 17.7 Å². The van der Waals surface area contributed by atoms with E-state index in [1.54, 1.807) is 11.3 Å². The summed E-state index contributed by atoms with van der Waals surface area (Å²) in [7, 11) is 0. The lowest BCUT2D eigenvalue weighted by atomic mass is 9.71. The summed E-state index contributed by atoms with van der Waals surface area (Å²) in [4.78, 5) is 17.3. The fourth-order valence-corrected chi connectivity index (χ4v) is 4.46. The summed E-state index contributed by atoms with van der Waals surface area (Å²) in [6.45, 7) is 6.34. The molecule has 1 aliphatic carbocycles. The summed E-state index contributed by atoms with van der Waals surface area (Å²) in [6.07, 6.45) is 6.26. The highest BCUT2D eigenvalue weighted by Crippen LogP contribution is 2.38. The SMILES string of the molecule is CCCC1CCC(C(=O)O)C(Cc2nc(C)c(C)s2)C1. The molecule has 0 aliphatic heterocycles. The van der Waals surface area contributed by atoms with Crippen molar-refractivity contribution >= 4 is 17.3 Å². The molecule has 1 aromatic heterocycles. The molecule has 1 saturated carbocycles. The van der Waals surface area contributed by atoms with Crippen LogP contribution in [-0.4, -0.2) is 16.1 Å². The second-order valence-corrected chi connectivity index (χ2v) is 7.41. The molecule has 2 rings (SSSR count). The first-order valence-corrected chi connectivity index (χ1v) is 8.48. The van der Waals surface area contributed by atoms with Crippen molar-refractivity contribution in [3.8, 4) is 0 Å². The lowest BCUT2D eigenvalue weighted by molar-refractivity contribution is -0.145. The number of nitrogens with zero attached hydrogens (tertiary/aromatic N) is 1. The van der Waals surface area contributed by atoms with E-state index in [1.807, 2.05) is 6.92 Å². The topological polar surface area (TPSA) is 50.2 Å². The Kier molecular flexibility index (Phi) is 5.19. The third-order valence-corrected chi connectivity index (χ3v) is 5.71. The summed E-state index contributed by atoms with van der Waals surface area (Å²) < 4.78 is 0. The normalized spacial score (nSPS) is 26.6. The second-order valence-electron chi connectivity index (χ2n) is 6.13. The number of aliphatic carboxylic acids is 1. The summed E-state index contributed by atoms with van der Waals surface area (Å²) in [6, 6.07) is 0. The molecule has 0 amide bonds. The Morgan fingerprint density at radius 2 is 2.15 bits per heavy atom. The van der Waals surface area contributed by atoms with E-state index in [4.69, 9.17) is 0 Å². The Morgan fingerprint density at radius 3 is 2.70 bits per heavy atom. The van der Waals surface area contributed by atoms with Crippen molar-refractivity contribution < 1.29 is 9.90 Å². The molecule has 0 radical (unpaired) electrons. The van der Waals surface area contributed by atoms with Gasteiger partial charge in [-0.15, -0.1) is 11.3 Å². The average molecular weight is 295 g/mol. The van der Waals surface area contributed by atoms with E-state index in [9.17, 15) is 9.90 Å². The molecular formula is C16H25NO2S. The van der Waals surface area contributed by atoms with Crippen LogP contribution in [0.25, 0.3) is 0 Å². The summed E-state index contributed by atoms with van der Waals surface area (Å²) in [5.41, 5.74) is 1.10. The van der Waals surface area contributed by atoms with Crippen molar-refractivity contribution in [1.29, 1.82) is 0 Å². The van der Waals surface area contributed by atoms with Gasteiger partial charge in [0.25, 0.3) is 0 Å². The zero-order valence-electron chi connectivity index (χ0n) is 12.7. The van der Waals surface area contributed by atoms with Gasteiger partial charge >= 0.3 is 5.97 Å². The van der Waals surface area contributed by atoms with Gasteiger partial charge in [-0.1, -0.05) is 19.8 Å². The van der Waals surface area contributed by atoms with Crippen LogP contribution in [0.3, 0.4) is 0 Å². The molecule has 0 spiro atoms. The van der Waals surface area contributed by atoms with E-state index in [0.29, 0.717) is 5.92 Å². The minimum Gasteiger partial charge on any atom is -0.481 e. The molecule has 0 saturated heterocycles. The van der Waals surface area contributed by atoms with Crippen LogP contribution in [0.1, 0.15) is 54.6 Å². The Hall–Kier alpha value is -0.900. The van der Waals surface area contributed by atoms with Crippen LogP contribution < -0.4 is 0 Å². The molecule has 1 heterocycles. The number of carboxylic acids is 1. The first kappa shape index (κ1) is 15.5. The zero-order valence-corrected chi connectivity index (χ0v) is 13.5. The van der Waals surface area contributed by atoms with Crippen LogP contribution >= 0.6 is 11.3 Å². The third kappa shape index (κ3) is 3.60. The fraction of sp³-hybridized carbons (Fsp3) is 0.750. The number of carbonyl (C=O) groups is 1. The van der Waals surface area contributed by atoms with E-state index >= 15 is 0 Å².